The molecule has 1 heterocycles. The molecule has 2 aromatic rings. The van der Waals surface area contributed by atoms with Crippen LogP contribution >= 0.6 is 11.6 Å². The maximum atomic E-state index is 6.81. The van der Waals surface area contributed by atoms with E-state index in [0.717, 1.165) is 64.8 Å². The molecule has 0 unspecified atom stereocenters. The Morgan fingerprint density at radius 3 is 1.79 bits per heavy atom. The largest absolute Gasteiger partial charge is 0.459 e. The van der Waals surface area contributed by atoms with Crippen LogP contribution in [-0.2, 0) is 16.2 Å². The van der Waals surface area contributed by atoms with E-state index >= 15 is 0 Å². The van der Waals surface area contributed by atoms with Crippen LogP contribution in [0.3, 0.4) is 0 Å². The molecule has 0 N–H and O–H groups in total. The maximum Gasteiger partial charge on any atom is 0.229 e. The average Bonchev–Trinajstić information content (AvgIpc) is 2.87. The summed E-state index contributed by atoms with van der Waals surface area (Å²) in [6.45, 7) is 26.1. The van der Waals surface area contributed by atoms with Gasteiger partial charge in [-0.15, -0.1) is 0 Å². The summed E-state index contributed by atoms with van der Waals surface area (Å²) in [4.78, 5) is 10.3. The topological polar surface area (TPSA) is 43.2 Å². The van der Waals surface area contributed by atoms with Crippen molar-refractivity contribution in [3.05, 3.63) is 75.7 Å². The number of allylic oxidation sites excluding steroid dienone is 1. The fourth-order valence-electron chi connectivity index (χ4n) is 5.55. The van der Waals surface area contributed by atoms with Crippen molar-refractivity contribution in [1.29, 1.82) is 0 Å². The zero-order chi connectivity index (χ0) is 31.0. The summed E-state index contributed by atoms with van der Waals surface area (Å²) >= 11 is 6.81. The fourth-order valence-corrected chi connectivity index (χ4v) is 5.67. The highest BCUT2D eigenvalue weighted by Crippen LogP contribution is 2.41. The second-order valence-corrected chi connectivity index (χ2v) is 15.4. The molecule has 1 aliphatic heterocycles. The fraction of sp³-hybridized carbons (Fsp3) is 0.514. The SMILES string of the molecule is C=C(C)c1cc2c(c(C(C)(C)C)c1)O/C=C(/Cl)Oc1c(cc(C(C)(C)C)cc1C(C)(C)C)C=N[C@H]1CCCC[C@@H]1N=C2. The zero-order valence-corrected chi connectivity index (χ0v) is 28.1. The lowest BCUT2D eigenvalue weighted by Gasteiger charge is -2.29. The first-order valence-electron chi connectivity index (χ1n) is 15.2. The molecule has 0 amide bonds. The number of rotatable bonds is 1. The van der Waals surface area contributed by atoms with Crippen molar-refractivity contribution in [2.75, 3.05) is 0 Å². The minimum Gasteiger partial charge on any atom is -0.459 e. The number of nitrogens with zero attached hydrogens (tertiary/aromatic N) is 2. The number of ether oxygens (including phenoxy) is 2. The van der Waals surface area contributed by atoms with E-state index in [9.17, 15) is 0 Å². The minimum atomic E-state index is -0.191. The van der Waals surface area contributed by atoms with Gasteiger partial charge in [0.2, 0.25) is 5.22 Å². The van der Waals surface area contributed by atoms with Gasteiger partial charge in [0.1, 0.15) is 17.8 Å². The molecule has 1 saturated carbocycles. The molecule has 0 bridgehead atoms. The summed E-state index contributed by atoms with van der Waals surface area (Å²) in [6, 6.07) is 8.89. The van der Waals surface area contributed by atoms with Gasteiger partial charge < -0.3 is 9.47 Å². The van der Waals surface area contributed by atoms with Gasteiger partial charge in [-0.3, -0.25) is 9.98 Å². The maximum absolute atomic E-state index is 6.81. The first-order valence-corrected chi connectivity index (χ1v) is 15.6. The van der Waals surface area contributed by atoms with Gasteiger partial charge >= 0.3 is 0 Å². The molecule has 0 radical (unpaired) electrons. The molecule has 1 aliphatic carbocycles. The Morgan fingerprint density at radius 2 is 1.29 bits per heavy atom. The van der Waals surface area contributed by atoms with Gasteiger partial charge in [0, 0.05) is 34.7 Å². The van der Waals surface area contributed by atoms with Crippen LogP contribution < -0.4 is 9.47 Å². The third-order valence-electron chi connectivity index (χ3n) is 8.18. The van der Waals surface area contributed by atoms with Crippen LogP contribution in [0.2, 0.25) is 0 Å². The van der Waals surface area contributed by atoms with E-state index in [1.165, 1.54) is 11.8 Å². The quantitative estimate of drug-likeness (QED) is 0.332. The Bertz CT molecular complexity index is 1430. The first-order chi connectivity index (χ1) is 19.4. The van der Waals surface area contributed by atoms with Crippen LogP contribution in [0.25, 0.3) is 5.57 Å². The van der Waals surface area contributed by atoms with Crippen molar-refractivity contribution >= 4 is 29.6 Å². The van der Waals surface area contributed by atoms with Crippen molar-refractivity contribution in [1.82, 2.24) is 0 Å². The highest BCUT2D eigenvalue weighted by Gasteiger charge is 2.29. The van der Waals surface area contributed by atoms with Crippen molar-refractivity contribution in [2.24, 2.45) is 9.98 Å². The van der Waals surface area contributed by atoms with Crippen LogP contribution in [0.4, 0.5) is 0 Å². The van der Waals surface area contributed by atoms with Crippen LogP contribution in [0.5, 0.6) is 11.5 Å². The van der Waals surface area contributed by atoms with Gasteiger partial charge in [0.05, 0.1) is 12.1 Å². The molecule has 0 spiro atoms. The molecular weight excluding hydrogens is 540 g/mol. The van der Waals surface area contributed by atoms with Gasteiger partial charge in [-0.2, -0.15) is 0 Å². The second-order valence-electron chi connectivity index (χ2n) is 15.0. The molecule has 42 heavy (non-hydrogen) atoms. The van der Waals surface area contributed by atoms with Crippen LogP contribution in [0.15, 0.2) is 52.3 Å². The van der Waals surface area contributed by atoms with E-state index in [1.807, 2.05) is 19.4 Å². The zero-order valence-electron chi connectivity index (χ0n) is 27.3. The standard InChI is InChI=1S/C37H49ClN2O2/c1-23(2)24-16-25-20-39-30-14-12-13-15-31(30)40-21-26-17-27(35(3,4)5)19-29(37(9,10)11)34(26)42-32(38)22-41-33(25)28(18-24)36(6,7)8/h16-22,30-31H,1,12-15H2,2-11H3/b32-22-,39-20?,40-21?/t30-,31-/m0/s1. The molecule has 0 aromatic heterocycles. The predicted octanol–water partition coefficient (Wildman–Crippen LogP) is 10.3. The Morgan fingerprint density at radius 1 is 0.762 bits per heavy atom. The summed E-state index contributed by atoms with van der Waals surface area (Å²) in [5.74, 6) is 1.44. The number of fused-ring (bicyclic) bond motifs is 3. The van der Waals surface area contributed by atoms with Gasteiger partial charge in [0.15, 0.2) is 0 Å². The smallest absolute Gasteiger partial charge is 0.229 e. The van der Waals surface area contributed by atoms with Gasteiger partial charge in [0.25, 0.3) is 0 Å². The summed E-state index contributed by atoms with van der Waals surface area (Å²) in [5.41, 5.74) is 6.83. The number of halogens is 1. The Kier molecular flexibility index (Phi) is 9.19. The minimum absolute atomic E-state index is 0.0436. The molecule has 2 atom stereocenters. The van der Waals surface area contributed by atoms with E-state index in [-0.39, 0.29) is 33.5 Å². The lowest BCUT2D eigenvalue weighted by atomic mass is 9.79. The highest BCUT2D eigenvalue weighted by molar-refractivity contribution is 6.28. The second kappa shape index (κ2) is 12.0. The van der Waals surface area contributed by atoms with Crippen LogP contribution in [0, 0.1) is 0 Å². The van der Waals surface area contributed by atoms with E-state index in [4.69, 9.17) is 31.1 Å². The number of aliphatic imine (C=N–C) groups is 2. The number of hydrogen-bond acceptors (Lipinski definition) is 4. The molecule has 2 aromatic carbocycles. The van der Waals surface area contributed by atoms with Crippen molar-refractivity contribution in [3.63, 3.8) is 0 Å². The van der Waals surface area contributed by atoms with E-state index in [0.29, 0.717) is 5.75 Å². The average molecular weight is 589 g/mol. The van der Waals surface area contributed by atoms with E-state index in [1.54, 1.807) is 0 Å². The Hall–Kier alpha value is -2.85. The molecule has 4 rings (SSSR count). The lowest BCUT2D eigenvalue weighted by molar-refractivity contribution is 0.386. The van der Waals surface area contributed by atoms with Crippen molar-refractivity contribution in [2.45, 2.75) is 123 Å². The number of benzene rings is 2. The molecule has 4 nitrogen and oxygen atoms in total. The van der Waals surface area contributed by atoms with Crippen molar-refractivity contribution < 1.29 is 9.47 Å². The summed E-state index contributed by atoms with van der Waals surface area (Å²) in [6.07, 6.45) is 9.76. The van der Waals surface area contributed by atoms with Gasteiger partial charge in [-0.05, 0) is 76.9 Å². The first kappa shape index (κ1) is 32.1. The van der Waals surface area contributed by atoms with Crippen molar-refractivity contribution in [3.8, 4) is 11.5 Å². The summed E-state index contributed by atoms with van der Waals surface area (Å²) in [5, 5.41) is 0.151. The molecule has 0 saturated heterocycles. The van der Waals surface area contributed by atoms with Crippen LogP contribution in [0.1, 0.15) is 128 Å². The predicted molar refractivity (Wildman–Crippen MR) is 180 cm³/mol. The Balaban J connectivity index is 1.98. The molecule has 5 heteroatoms. The van der Waals surface area contributed by atoms with E-state index in [2.05, 4.69) is 93.2 Å². The molecule has 226 valence electrons. The van der Waals surface area contributed by atoms with Gasteiger partial charge in [-0.25, -0.2) is 0 Å². The third-order valence-corrected chi connectivity index (χ3v) is 8.35. The van der Waals surface area contributed by atoms with Gasteiger partial charge in [-0.1, -0.05) is 93.4 Å². The molecular formula is C37H49ClN2O2. The highest BCUT2D eigenvalue weighted by atomic mass is 35.5. The Labute approximate surface area is 259 Å². The summed E-state index contributed by atoms with van der Waals surface area (Å²) < 4.78 is 12.9. The lowest BCUT2D eigenvalue weighted by Crippen LogP contribution is -2.27. The molecule has 2 aliphatic rings. The van der Waals surface area contributed by atoms with Crippen LogP contribution in [-0.4, -0.2) is 24.5 Å². The third kappa shape index (κ3) is 7.37. The molecule has 1 fully saturated rings. The van der Waals surface area contributed by atoms with E-state index < -0.39 is 0 Å². The monoisotopic (exact) mass is 588 g/mol. The summed E-state index contributed by atoms with van der Waals surface area (Å²) in [7, 11) is 0. The number of hydrogen-bond donors (Lipinski definition) is 0. The normalized spacial score (nSPS) is 21.1.